The van der Waals surface area contributed by atoms with Crippen molar-refractivity contribution in [2.24, 2.45) is 0 Å². The molecule has 0 spiro atoms. The smallest absolute Gasteiger partial charge is 0.160 e. The van der Waals surface area contributed by atoms with Gasteiger partial charge in [0.2, 0.25) is 0 Å². The van der Waals surface area contributed by atoms with Gasteiger partial charge in [-0.2, -0.15) is 0 Å². The lowest BCUT2D eigenvalue weighted by atomic mass is 9.91. The van der Waals surface area contributed by atoms with Crippen LogP contribution in [0.25, 0.3) is 77.6 Å². The zero-order valence-electron chi connectivity index (χ0n) is 29.9. The highest BCUT2D eigenvalue weighted by atomic mass is 15.1. The molecule has 0 bridgehead atoms. The fourth-order valence-corrected chi connectivity index (χ4v) is 7.68. The van der Waals surface area contributed by atoms with Gasteiger partial charge in [0.1, 0.15) is 0 Å². The summed E-state index contributed by atoms with van der Waals surface area (Å²) in [7, 11) is 0. The van der Waals surface area contributed by atoms with Crippen LogP contribution < -0.4 is 4.90 Å². The standard InChI is InChI=1S/C51H34N4/c1-5-17-35(18-6-1)47-34-48(54-51(53-47)37-19-7-2-8-20-37)44-33-45-49(42-26-14-13-25-41(42)44)43-27-15-16-28-46(43)52-50(45)36-29-31-40(32-30-36)55(38-21-9-3-10-22-38)39-23-11-4-12-24-39/h1-34H. The molecule has 0 fully saturated rings. The summed E-state index contributed by atoms with van der Waals surface area (Å²) >= 11 is 0. The Balaban J connectivity index is 1.21. The molecule has 0 aliphatic rings. The lowest BCUT2D eigenvalue weighted by Gasteiger charge is -2.25. The minimum atomic E-state index is 0.690. The molecule has 0 radical (unpaired) electrons. The molecule has 2 aromatic heterocycles. The van der Waals surface area contributed by atoms with Crippen molar-refractivity contribution in [3.63, 3.8) is 0 Å². The number of aromatic nitrogens is 3. The summed E-state index contributed by atoms with van der Waals surface area (Å²) in [6, 6.07) is 72.0. The Morgan fingerprint density at radius 1 is 0.327 bits per heavy atom. The highest BCUT2D eigenvalue weighted by molar-refractivity contribution is 6.25. The molecule has 258 valence electrons. The maximum Gasteiger partial charge on any atom is 0.160 e. The van der Waals surface area contributed by atoms with Gasteiger partial charge in [0, 0.05) is 55.5 Å². The summed E-state index contributed by atoms with van der Waals surface area (Å²) in [5.41, 5.74) is 11.0. The number of anilines is 3. The highest BCUT2D eigenvalue weighted by Crippen LogP contribution is 2.43. The molecule has 10 rings (SSSR count). The molecule has 0 aliphatic heterocycles. The van der Waals surface area contributed by atoms with E-state index in [1.165, 1.54) is 5.39 Å². The topological polar surface area (TPSA) is 41.9 Å². The minimum Gasteiger partial charge on any atom is -0.311 e. The van der Waals surface area contributed by atoms with Gasteiger partial charge < -0.3 is 4.90 Å². The van der Waals surface area contributed by atoms with Crippen molar-refractivity contribution in [3.8, 4) is 45.2 Å². The van der Waals surface area contributed by atoms with Crippen LogP contribution >= 0.6 is 0 Å². The normalized spacial score (nSPS) is 11.3. The van der Waals surface area contributed by atoms with Gasteiger partial charge in [-0.25, -0.2) is 15.0 Å². The van der Waals surface area contributed by atoms with Crippen LogP contribution in [0.4, 0.5) is 17.1 Å². The number of nitrogens with zero attached hydrogens (tertiary/aromatic N) is 4. The first-order chi connectivity index (χ1) is 27.3. The van der Waals surface area contributed by atoms with Gasteiger partial charge in [0.05, 0.1) is 22.6 Å². The summed E-state index contributed by atoms with van der Waals surface area (Å²) in [5.74, 6) is 0.690. The van der Waals surface area contributed by atoms with Crippen molar-refractivity contribution < 1.29 is 0 Å². The maximum absolute atomic E-state index is 5.39. The predicted molar refractivity (Wildman–Crippen MR) is 229 cm³/mol. The lowest BCUT2D eigenvalue weighted by molar-refractivity contribution is 1.19. The van der Waals surface area contributed by atoms with Crippen molar-refractivity contribution in [3.05, 3.63) is 206 Å². The summed E-state index contributed by atoms with van der Waals surface area (Å²) in [6.07, 6.45) is 0. The fourth-order valence-electron chi connectivity index (χ4n) is 7.68. The van der Waals surface area contributed by atoms with E-state index in [4.69, 9.17) is 15.0 Å². The predicted octanol–water partition coefficient (Wildman–Crippen LogP) is 13.5. The Labute approximate surface area is 319 Å². The van der Waals surface area contributed by atoms with Gasteiger partial charge in [-0.3, -0.25) is 0 Å². The third-order valence-corrected chi connectivity index (χ3v) is 10.2. The number of rotatable bonds is 7. The van der Waals surface area contributed by atoms with Gasteiger partial charge in [0.15, 0.2) is 5.82 Å². The van der Waals surface area contributed by atoms with Gasteiger partial charge >= 0.3 is 0 Å². The quantitative estimate of drug-likeness (QED) is 0.155. The van der Waals surface area contributed by atoms with Crippen LogP contribution in [-0.4, -0.2) is 15.0 Å². The Hall–Kier alpha value is -7.43. The van der Waals surface area contributed by atoms with Crippen molar-refractivity contribution in [1.82, 2.24) is 15.0 Å². The molecule has 55 heavy (non-hydrogen) atoms. The van der Waals surface area contributed by atoms with E-state index in [2.05, 4.69) is 187 Å². The van der Waals surface area contributed by atoms with Crippen LogP contribution in [0.3, 0.4) is 0 Å². The van der Waals surface area contributed by atoms with Crippen molar-refractivity contribution in [2.75, 3.05) is 4.90 Å². The van der Waals surface area contributed by atoms with Gasteiger partial charge in [-0.05, 0) is 65.4 Å². The lowest BCUT2D eigenvalue weighted by Crippen LogP contribution is -2.09. The Morgan fingerprint density at radius 3 is 1.49 bits per heavy atom. The maximum atomic E-state index is 5.39. The molecule has 0 atom stereocenters. The molecule has 0 N–H and O–H groups in total. The number of hydrogen-bond acceptors (Lipinski definition) is 4. The Bertz CT molecular complexity index is 2850. The van der Waals surface area contributed by atoms with E-state index >= 15 is 0 Å². The molecule has 4 nitrogen and oxygen atoms in total. The summed E-state index contributed by atoms with van der Waals surface area (Å²) in [6.45, 7) is 0. The second-order valence-corrected chi connectivity index (χ2v) is 13.6. The van der Waals surface area contributed by atoms with Crippen molar-refractivity contribution >= 4 is 49.5 Å². The number of fused-ring (bicyclic) bond motifs is 5. The first-order valence-corrected chi connectivity index (χ1v) is 18.5. The molecular formula is C51H34N4. The average Bonchev–Trinajstić information content (AvgIpc) is 3.27. The van der Waals surface area contributed by atoms with Crippen LogP contribution in [0.1, 0.15) is 0 Å². The molecule has 0 aliphatic carbocycles. The van der Waals surface area contributed by atoms with Crippen LogP contribution in [0.15, 0.2) is 206 Å². The van der Waals surface area contributed by atoms with Crippen LogP contribution in [0.5, 0.6) is 0 Å². The third kappa shape index (κ3) is 5.96. The molecule has 0 saturated heterocycles. The monoisotopic (exact) mass is 702 g/mol. The van der Waals surface area contributed by atoms with E-state index in [0.29, 0.717) is 5.82 Å². The zero-order valence-corrected chi connectivity index (χ0v) is 29.9. The Kier molecular flexibility index (Phi) is 8.12. The number of para-hydroxylation sites is 3. The van der Waals surface area contributed by atoms with E-state index in [1.807, 2.05) is 24.3 Å². The van der Waals surface area contributed by atoms with Crippen LogP contribution in [0, 0.1) is 0 Å². The molecule has 8 aromatic carbocycles. The van der Waals surface area contributed by atoms with E-state index in [-0.39, 0.29) is 0 Å². The summed E-state index contributed by atoms with van der Waals surface area (Å²) < 4.78 is 0. The van der Waals surface area contributed by atoms with Gasteiger partial charge in [0.25, 0.3) is 0 Å². The van der Waals surface area contributed by atoms with Gasteiger partial charge in [-0.1, -0.05) is 152 Å². The first kappa shape index (κ1) is 32.2. The van der Waals surface area contributed by atoms with E-state index in [1.54, 1.807) is 0 Å². The van der Waals surface area contributed by atoms with E-state index < -0.39 is 0 Å². The van der Waals surface area contributed by atoms with Gasteiger partial charge in [-0.15, -0.1) is 0 Å². The number of hydrogen-bond donors (Lipinski definition) is 0. The summed E-state index contributed by atoms with van der Waals surface area (Å²) in [5, 5.41) is 5.67. The van der Waals surface area contributed by atoms with Crippen molar-refractivity contribution in [2.45, 2.75) is 0 Å². The second kappa shape index (κ2) is 13.8. The SMILES string of the molecule is c1ccc(-c2cc(-c3cc4c(-c5ccc(N(c6ccccc6)c6ccccc6)cc5)nc5ccccc5c4c4ccccc34)nc(-c3ccccc3)n2)cc1. The number of pyridine rings is 1. The summed E-state index contributed by atoms with van der Waals surface area (Å²) in [4.78, 5) is 18.0. The zero-order chi connectivity index (χ0) is 36.6. The molecular weight excluding hydrogens is 669 g/mol. The molecule has 2 heterocycles. The molecule has 0 amide bonds. The van der Waals surface area contributed by atoms with Crippen LogP contribution in [-0.2, 0) is 0 Å². The fraction of sp³-hybridized carbons (Fsp3) is 0. The average molecular weight is 703 g/mol. The highest BCUT2D eigenvalue weighted by Gasteiger charge is 2.20. The number of benzene rings is 8. The molecule has 10 aromatic rings. The van der Waals surface area contributed by atoms with Crippen LogP contribution in [0.2, 0.25) is 0 Å². The third-order valence-electron chi connectivity index (χ3n) is 10.2. The Morgan fingerprint density at radius 2 is 0.836 bits per heavy atom. The molecule has 4 heteroatoms. The first-order valence-electron chi connectivity index (χ1n) is 18.5. The molecule has 0 saturated carbocycles. The van der Waals surface area contributed by atoms with E-state index in [0.717, 1.165) is 83.5 Å². The minimum absolute atomic E-state index is 0.690. The van der Waals surface area contributed by atoms with E-state index in [9.17, 15) is 0 Å². The second-order valence-electron chi connectivity index (χ2n) is 13.6. The largest absolute Gasteiger partial charge is 0.311 e. The van der Waals surface area contributed by atoms with Crippen molar-refractivity contribution in [1.29, 1.82) is 0 Å². The molecule has 0 unspecified atom stereocenters.